The minimum Gasteiger partial charge on any atom is -0.487 e. The summed E-state index contributed by atoms with van der Waals surface area (Å²) < 4.78 is 8.27. The summed E-state index contributed by atoms with van der Waals surface area (Å²) in [7, 11) is 0. The molecule has 0 aromatic heterocycles. The topological polar surface area (TPSA) is 55.4 Å². The van der Waals surface area contributed by atoms with Gasteiger partial charge in [-0.25, -0.2) is 0 Å². The number of carbonyl (C=O) groups excluding carboxylic acids is 2. The number of dihydropyridines is 1. The highest BCUT2D eigenvalue weighted by Gasteiger charge is 2.47. The van der Waals surface area contributed by atoms with Crippen LogP contribution in [0.1, 0.15) is 70.4 Å². The van der Waals surface area contributed by atoms with E-state index in [0.29, 0.717) is 36.3 Å². The minimum absolute atomic E-state index is 0.101. The zero-order valence-electron chi connectivity index (χ0n) is 23.3. The molecule has 0 atom stereocenters. The highest BCUT2D eigenvalue weighted by atomic mass is 79.9. The first-order chi connectivity index (χ1) is 18.9. The van der Waals surface area contributed by atoms with Gasteiger partial charge in [0.1, 0.15) is 12.4 Å². The van der Waals surface area contributed by atoms with Crippen LogP contribution in [0.2, 0.25) is 0 Å². The second-order valence-corrected chi connectivity index (χ2v) is 14.7. The molecule has 0 saturated carbocycles. The number of ether oxygens (including phenoxy) is 1. The van der Waals surface area contributed by atoms with E-state index in [4.69, 9.17) is 4.74 Å². The van der Waals surface area contributed by atoms with Gasteiger partial charge in [-0.05, 0) is 68.1 Å². The van der Waals surface area contributed by atoms with Crippen LogP contribution in [-0.2, 0) is 16.2 Å². The van der Waals surface area contributed by atoms with Gasteiger partial charge < -0.3 is 10.1 Å². The predicted octanol–water partition coefficient (Wildman–Crippen LogP) is 8.92. The van der Waals surface area contributed by atoms with Crippen molar-refractivity contribution in [2.75, 3.05) is 0 Å². The lowest BCUT2D eigenvalue weighted by Gasteiger charge is -2.44. The van der Waals surface area contributed by atoms with Gasteiger partial charge in [0.2, 0.25) is 0 Å². The number of rotatable bonds is 4. The summed E-state index contributed by atoms with van der Waals surface area (Å²) >= 11 is 7.44. The molecule has 3 aliphatic rings. The Morgan fingerprint density at radius 3 is 2.08 bits per heavy atom. The Bertz CT molecular complexity index is 1590. The molecule has 6 rings (SSSR count). The number of carbonyl (C=O) groups is 2. The first-order valence-corrected chi connectivity index (χ1v) is 15.4. The lowest BCUT2D eigenvalue weighted by atomic mass is 9.64. The van der Waals surface area contributed by atoms with Crippen LogP contribution in [0.4, 0.5) is 0 Å². The molecule has 2 aliphatic carbocycles. The van der Waals surface area contributed by atoms with Crippen molar-refractivity contribution < 1.29 is 14.3 Å². The highest BCUT2D eigenvalue weighted by Crippen LogP contribution is 2.53. The monoisotopic (exact) mass is 661 g/mol. The standard InChI is InChI=1S/C34H33Br2NO3/c1-33(2)14-25-30(27(38)16-33)29(31-26(37-25)15-34(3,4)17-28(31)39)23-12-21(35)13-24(36)32(23)40-18-20-10-7-9-19-8-5-6-11-22(19)20/h5-13,29,37H,14-18H2,1-4H3. The normalized spacial score (nSPS) is 20.4. The molecule has 0 saturated heterocycles. The summed E-state index contributed by atoms with van der Waals surface area (Å²) in [6.07, 6.45) is 2.43. The molecule has 206 valence electrons. The fourth-order valence-electron chi connectivity index (χ4n) is 6.72. The number of fused-ring (bicyclic) bond motifs is 1. The molecular weight excluding hydrogens is 630 g/mol. The van der Waals surface area contributed by atoms with E-state index in [1.54, 1.807) is 0 Å². The van der Waals surface area contributed by atoms with Crippen LogP contribution in [0, 0.1) is 10.8 Å². The van der Waals surface area contributed by atoms with Crippen molar-refractivity contribution in [2.45, 2.75) is 65.9 Å². The van der Waals surface area contributed by atoms with Gasteiger partial charge in [0.05, 0.1) is 4.47 Å². The molecule has 3 aromatic rings. The van der Waals surface area contributed by atoms with Gasteiger partial charge in [0, 0.05) is 51.3 Å². The van der Waals surface area contributed by atoms with Gasteiger partial charge in [0.25, 0.3) is 0 Å². The van der Waals surface area contributed by atoms with E-state index in [0.717, 1.165) is 55.1 Å². The van der Waals surface area contributed by atoms with Crippen molar-refractivity contribution in [3.63, 3.8) is 0 Å². The molecule has 1 N–H and O–H groups in total. The highest BCUT2D eigenvalue weighted by molar-refractivity contribution is 9.11. The first kappa shape index (κ1) is 27.5. The molecule has 0 unspecified atom stereocenters. The fraction of sp³-hybridized carbons (Fsp3) is 0.353. The molecule has 0 bridgehead atoms. The summed E-state index contributed by atoms with van der Waals surface area (Å²) in [6, 6.07) is 18.5. The first-order valence-electron chi connectivity index (χ1n) is 13.8. The Labute approximate surface area is 252 Å². The van der Waals surface area contributed by atoms with Crippen molar-refractivity contribution in [1.29, 1.82) is 0 Å². The lowest BCUT2D eigenvalue weighted by Crippen LogP contribution is -2.42. The van der Waals surface area contributed by atoms with Crippen LogP contribution in [0.5, 0.6) is 5.75 Å². The third-order valence-electron chi connectivity index (χ3n) is 8.32. The smallest absolute Gasteiger partial charge is 0.162 e. The fourth-order valence-corrected chi connectivity index (χ4v) is 8.09. The number of ketones is 2. The van der Waals surface area contributed by atoms with Crippen LogP contribution in [0.15, 0.2) is 86.1 Å². The number of halogens is 2. The maximum atomic E-state index is 13.8. The molecule has 4 nitrogen and oxygen atoms in total. The van der Waals surface area contributed by atoms with E-state index < -0.39 is 5.92 Å². The van der Waals surface area contributed by atoms with Gasteiger partial charge in [0.15, 0.2) is 11.6 Å². The Morgan fingerprint density at radius 2 is 1.43 bits per heavy atom. The molecule has 1 aliphatic heterocycles. The molecule has 0 radical (unpaired) electrons. The van der Waals surface area contributed by atoms with E-state index in [1.165, 1.54) is 0 Å². The van der Waals surface area contributed by atoms with Crippen molar-refractivity contribution in [3.8, 4) is 5.75 Å². The Hall–Kier alpha value is -2.70. The number of nitrogens with one attached hydrogen (secondary N) is 1. The number of Topliss-reactive ketones (excluding diaryl/α,β-unsaturated/α-hetero) is 2. The molecule has 3 aromatic carbocycles. The second-order valence-electron chi connectivity index (χ2n) is 13.0. The Morgan fingerprint density at radius 1 is 0.825 bits per heavy atom. The average Bonchev–Trinajstić information content (AvgIpc) is 2.85. The number of allylic oxidation sites excluding steroid dienone is 4. The summed E-state index contributed by atoms with van der Waals surface area (Å²) in [4.78, 5) is 27.7. The maximum absolute atomic E-state index is 13.8. The van der Waals surface area contributed by atoms with Crippen LogP contribution in [0.25, 0.3) is 10.8 Å². The van der Waals surface area contributed by atoms with Gasteiger partial charge in [-0.3, -0.25) is 9.59 Å². The van der Waals surface area contributed by atoms with E-state index in [1.807, 2.05) is 30.3 Å². The molecule has 0 amide bonds. The zero-order valence-corrected chi connectivity index (χ0v) is 26.5. The Kier molecular flexibility index (Phi) is 6.86. The van der Waals surface area contributed by atoms with Gasteiger partial charge in [-0.15, -0.1) is 0 Å². The van der Waals surface area contributed by atoms with E-state index in [-0.39, 0.29) is 22.4 Å². The van der Waals surface area contributed by atoms with Crippen molar-refractivity contribution >= 4 is 54.2 Å². The van der Waals surface area contributed by atoms with Crippen molar-refractivity contribution in [2.24, 2.45) is 10.8 Å². The molecule has 40 heavy (non-hydrogen) atoms. The summed E-state index contributed by atoms with van der Waals surface area (Å²) in [5, 5.41) is 5.91. The van der Waals surface area contributed by atoms with Gasteiger partial charge in [-0.1, -0.05) is 86.1 Å². The lowest BCUT2D eigenvalue weighted by molar-refractivity contribution is -0.119. The third kappa shape index (κ3) is 4.98. The van der Waals surface area contributed by atoms with E-state index in [2.05, 4.69) is 89.1 Å². The summed E-state index contributed by atoms with van der Waals surface area (Å²) in [6.45, 7) is 8.91. The molecule has 6 heteroatoms. The largest absolute Gasteiger partial charge is 0.487 e. The molecular formula is C34H33Br2NO3. The van der Waals surface area contributed by atoms with E-state index in [9.17, 15) is 9.59 Å². The van der Waals surface area contributed by atoms with E-state index >= 15 is 0 Å². The molecule has 0 spiro atoms. The van der Waals surface area contributed by atoms with Crippen LogP contribution < -0.4 is 10.1 Å². The number of benzene rings is 3. The van der Waals surface area contributed by atoms with Crippen LogP contribution in [-0.4, -0.2) is 11.6 Å². The van der Waals surface area contributed by atoms with Crippen molar-refractivity contribution in [3.05, 3.63) is 97.2 Å². The number of hydrogen-bond donors (Lipinski definition) is 1. The Balaban J connectivity index is 1.51. The molecule has 0 fully saturated rings. The van der Waals surface area contributed by atoms with Gasteiger partial charge >= 0.3 is 0 Å². The zero-order chi connectivity index (χ0) is 28.4. The summed E-state index contributed by atoms with van der Waals surface area (Å²) in [5.74, 6) is 0.389. The SMILES string of the molecule is CC1(C)CC(=O)C2=C(C1)NC1=C(C(=O)CC(C)(C)C1)C2c1cc(Br)cc(Br)c1OCc1cccc2ccccc12. The summed E-state index contributed by atoms with van der Waals surface area (Å²) in [5.41, 5.74) is 4.95. The average molecular weight is 663 g/mol. The van der Waals surface area contributed by atoms with Crippen molar-refractivity contribution in [1.82, 2.24) is 5.32 Å². The maximum Gasteiger partial charge on any atom is 0.162 e. The second kappa shape index (κ2) is 9.99. The quantitative estimate of drug-likeness (QED) is 0.303. The van der Waals surface area contributed by atoms with Crippen LogP contribution in [0.3, 0.4) is 0 Å². The van der Waals surface area contributed by atoms with Crippen LogP contribution >= 0.6 is 31.9 Å². The minimum atomic E-state index is -0.477. The predicted molar refractivity (Wildman–Crippen MR) is 166 cm³/mol. The van der Waals surface area contributed by atoms with Gasteiger partial charge in [-0.2, -0.15) is 0 Å². The third-order valence-corrected chi connectivity index (χ3v) is 9.37. The number of hydrogen-bond acceptors (Lipinski definition) is 4. The molecule has 1 heterocycles.